The second-order valence-corrected chi connectivity index (χ2v) is 7.53. The van der Waals surface area contributed by atoms with Crippen molar-refractivity contribution in [3.63, 3.8) is 0 Å². The van der Waals surface area contributed by atoms with Crippen LogP contribution in [-0.2, 0) is 11.3 Å². The Hall–Kier alpha value is -2.38. The summed E-state index contributed by atoms with van der Waals surface area (Å²) in [5.74, 6) is 2.34. The molecule has 152 valence electrons. The molecule has 0 unspecified atom stereocenters. The van der Waals surface area contributed by atoms with E-state index in [1.165, 1.54) is 0 Å². The Balaban J connectivity index is 1.40. The number of piperazine rings is 1. The van der Waals surface area contributed by atoms with E-state index >= 15 is 0 Å². The lowest BCUT2D eigenvalue weighted by molar-refractivity contribution is -0.117. The van der Waals surface area contributed by atoms with Crippen LogP contribution in [-0.4, -0.2) is 71.6 Å². The molecule has 3 rings (SSSR count). The van der Waals surface area contributed by atoms with Gasteiger partial charge in [0.2, 0.25) is 5.91 Å². The van der Waals surface area contributed by atoms with E-state index in [0.29, 0.717) is 12.5 Å². The number of nitrogens with one attached hydrogen (secondary N) is 1. The average Bonchev–Trinajstić information content (AvgIpc) is 3.16. The number of anilines is 1. The minimum atomic E-state index is 0.0155. The molecule has 0 aliphatic carbocycles. The quantitative estimate of drug-likeness (QED) is 0.755. The van der Waals surface area contributed by atoms with Gasteiger partial charge in [-0.3, -0.25) is 14.6 Å². The van der Waals surface area contributed by atoms with E-state index in [2.05, 4.69) is 44.7 Å². The van der Waals surface area contributed by atoms with Crippen molar-refractivity contribution in [3.05, 3.63) is 42.5 Å². The lowest BCUT2D eigenvalue weighted by Crippen LogP contribution is -2.49. The molecule has 1 fully saturated rings. The summed E-state index contributed by atoms with van der Waals surface area (Å²) in [6.07, 6.45) is 3.95. The van der Waals surface area contributed by atoms with Crippen molar-refractivity contribution >= 4 is 11.6 Å². The first kappa shape index (κ1) is 20.4. The number of benzene rings is 1. The molecule has 2 aromatic rings. The highest BCUT2D eigenvalue weighted by atomic mass is 16.5. The second-order valence-electron chi connectivity index (χ2n) is 7.53. The molecule has 0 atom stereocenters. The lowest BCUT2D eigenvalue weighted by Gasteiger charge is -2.34. The number of hydrogen-bond donors (Lipinski definition) is 1. The van der Waals surface area contributed by atoms with Crippen molar-refractivity contribution in [3.8, 4) is 5.75 Å². The first-order valence-electron chi connectivity index (χ1n) is 9.95. The number of aromatic nitrogens is 2. The van der Waals surface area contributed by atoms with Crippen LogP contribution in [0.5, 0.6) is 5.75 Å². The van der Waals surface area contributed by atoms with Gasteiger partial charge in [-0.15, -0.1) is 0 Å². The number of rotatable bonds is 8. The molecule has 0 saturated carbocycles. The molecule has 1 aromatic heterocycles. The molecule has 1 saturated heterocycles. The maximum absolute atomic E-state index is 12.3. The summed E-state index contributed by atoms with van der Waals surface area (Å²) in [4.78, 5) is 21.5. The molecule has 0 radical (unpaired) electrons. The molecular weight excluding hydrogens is 354 g/mol. The SMILES string of the molecule is COc1cccc(NC(=O)CN2CCN(CCn3ccnc3C(C)C)CC2)c1. The molecule has 1 N–H and O–H groups in total. The molecular formula is C21H31N5O2. The van der Waals surface area contributed by atoms with Gasteiger partial charge in [0.05, 0.1) is 13.7 Å². The highest BCUT2D eigenvalue weighted by Crippen LogP contribution is 2.17. The van der Waals surface area contributed by atoms with Crippen LogP contribution < -0.4 is 10.1 Å². The molecule has 0 spiro atoms. The van der Waals surface area contributed by atoms with Crippen LogP contribution in [0.3, 0.4) is 0 Å². The average molecular weight is 386 g/mol. The summed E-state index contributed by atoms with van der Waals surface area (Å²) in [5.41, 5.74) is 0.768. The summed E-state index contributed by atoms with van der Waals surface area (Å²) in [6, 6.07) is 7.44. The first-order chi connectivity index (χ1) is 13.5. The molecule has 7 heteroatoms. The Bertz CT molecular complexity index is 766. The van der Waals surface area contributed by atoms with Gasteiger partial charge in [-0.2, -0.15) is 0 Å². The smallest absolute Gasteiger partial charge is 0.238 e. The van der Waals surface area contributed by atoms with Gasteiger partial charge >= 0.3 is 0 Å². The Kier molecular flexibility index (Phi) is 7.06. The summed E-state index contributed by atoms with van der Waals surface area (Å²) in [7, 11) is 1.62. The number of nitrogens with zero attached hydrogens (tertiary/aromatic N) is 4. The van der Waals surface area contributed by atoms with Crippen molar-refractivity contribution in [1.82, 2.24) is 19.4 Å². The first-order valence-corrected chi connectivity index (χ1v) is 9.95. The van der Waals surface area contributed by atoms with E-state index < -0.39 is 0 Å². The maximum Gasteiger partial charge on any atom is 0.238 e. The van der Waals surface area contributed by atoms with Gasteiger partial charge in [0.25, 0.3) is 0 Å². The van der Waals surface area contributed by atoms with Crippen LogP contribution in [0, 0.1) is 0 Å². The lowest BCUT2D eigenvalue weighted by atomic mass is 10.2. The van der Waals surface area contributed by atoms with Crippen molar-refractivity contribution < 1.29 is 9.53 Å². The number of hydrogen-bond acceptors (Lipinski definition) is 5. The minimum Gasteiger partial charge on any atom is -0.497 e. The topological polar surface area (TPSA) is 62.6 Å². The molecule has 7 nitrogen and oxygen atoms in total. The van der Waals surface area contributed by atoms with Crippen molar-refractivity contribution in [2.24, 2.45) is 0 Å². The normalized spacial score (nSPS) is 15.7. The molecule has 28 heavy (non-hydrogen) atoms. The number of amides is 1. The predicted octanol–water partition coefficient (Wildman–Crippen LogP) is 2.27. The van der Waals surface area contributed by atoms with E-state index in [4.69, 9.17) is 4.74 Å². The largest absolute Gasteiger partial charge is 0.497 e. The Morgan fingerprint density at radius 2 is 1.93 bits per heavy atom. The number of methoxy groups -OCH3 is 1. The van der Waals surface area contributed by atoms with Crippen LogP contribution in [0.2, 0.25) is 0 Å². The zero-order valence-electron chi connectivity index (χ0n) is 17.1. The van der Waals surface area contributed by atoms with Gasteiger partial charge in [-0.1, -0.05) is 19.9 Å². The summed E-state index contributed by atoms with van der Waals surface area (Å²) in [5, 5.41) is 2.95. The number of ether oxygens (including phenoxy) is 1. The third kappa shape index (κ3) is 5.56. The van der Waals surface area contributed by atoms with Gasteiger partial charge in [0, 0.05) is 69.3 Å². The molecule has 1 aliphatic rings. The van der Waals surface area contributed by atoms with Crippen molar-refractivity contribution in [2.45, 2.75) is 26.3 Å². The number of imidazole rings is 1. The molecule has 1 aliphatic heterocycles. The zero-order chi connectivity index (χ0) is 19.9. The van der Waals surface area contributed by atoms with E-state index in [0.717, 1.165) is 56.5 Å². The highest BCUT2D eigenvalue weighted by molar-refractivity contribution is 5.92. The maximum atomic E-state index is 12.3. The van der Waals surface area contributed by atoms with Gasteiger partial charge in [0.1, 0.15) is 11.6 Å². The van der Waals surface area contributed by atoms with E-state index in [-0.39, 0.29) is 5.91 Å². The molecule has 1 aromatic carbocycles. The molecule has 2 heterocycles. The van der Waals surface area contributed by atoms with Crippen LogP contribution in [0.15, 0.2) is 36.7 Å². The fraction of sp³-hybridized carbons (Fsp3) is 0.524. The van der Waals surface area contributed by atoms with Crippen LogP contribution in [0.1, 0.15) is 25.6 Å². The monoisotopic (exact) mass is 385 g/mol. The van der Waals surface area contributed by atoms with Gasteiger partial charge in [-0.25, -0.2) is 4.98 Å². The highest BCUT2D eigenvalue weighted by Gasteiger charge is 2.19. The second kappa shape index (κ2) is 9.71. The third-order valence-electron chi connectivity index (χ3n) is 5.11. The zero-order valence-corrected chi connectivity index (χ0v) is 17.1. The van der Waals surface area contributed by atoms with Crippen LogP contribution >= 0.6 is 0 Å². The Labute approximate surface area is 167 Å². The van der Waals surface area contributed by atoms with E-state index in [1.54, 1.807) is 7.11 Å². The van der Waals surface area contributed by atoms with E-state index in [9.17, 15) is 4.79 Å². The van der Waals surface area contributed by atoms with Crippen molar-refractivity contribution in [1.29, 1.82) is 0 Å². The molecule has 0 bridgehead atoms. The van der Waals surface area contributed by atoms with Gasteiger partial charge in [0.15, 0.2) is 0 Å². The van der Waals surface area contributed by atoms with Crippen LogP contribution in [0.4, 0.5) is 5.69 Å². The molecule has 1 amide bonds. The van der Waals surface area contributed by atoms with Crippen molar-refractivity contribution in [2.75, 3.05) is 51.7 Å². The van der Waals surface area contributed by atoms with E-state index in [1.807, 2.05) is 30.5 Å². The number of carbonyl (C=O) groups excluding carboxylic acids is 1. The summed E-state index contributed by atoms with van der Waals surface area (Å²) in [6.45, 7) is 10.5. The fourth-order valence-corrected chi connectivity index (χ4v) is 3.54. The Morgan fingerprint density at radius 3 is 2.64 bits per heavy atom. The number of carbonyl (C=O) groups is 1. The fourth-order valence-electron chi connectivity index (χ4n) is 3.54. The summed E-state index contributed by atoms with van der Waals surface area (Å²) >= 11 is 0. The summed E-state index contributed by atoms with van der Waals surface area (Å²) < 4.78 is 7.44. The third-order valence-corrected chi connectivity index (χ3v) is 5.11. The van der Waals surface area contributed by atoms with Gasteiger partial charge < -0.3 is 14.6 Å². The Morgan fingerprint density at radius 1 is 1.18 bits per heavy atom. The predicted molar refractivity (Wildman–Crippen MR) is 111 cm³/mol. The van der Waals surface area contributed by atoms with Crippen LogP contribution in [0.25, 0.3) is 0 Å². The minimum absolute atomic E-state index is 0.0155. The standard InChI is InChI=1S/C21H31N5O2/c1-17(2)21-22-7-8-26(21)14-13-24-9-11-25(12-10-24)16-20(27)23-18-5-4-6-19(15-18)28-3/h4-8,15,17H,9-14,16H2,1-3H3,(H,23,27). The van der Waals surface area contributed by atoms with Gasteiger partial charge in [-0.05, 0) is 12.1 Å².